The summed E-state index contributed by atoms with van der Waals surface area (Å²) >= 11 is 0. The van der Waals surface area contributed by atoms with Crippen LogP contribution < -0.4 is 5.32 Å². The Morgan fingerprint density at radius 2 is 2.24 bits per heavy atom. The summed E-state index contributed by atoms with van der Waals surface area (Å²) in [6.45, 7) is 6.14. The molecule has 4 heteroatoms. The van der Waals surface area contributed by atoms with Gasteiger partial charge in [-0.25, -0.2) is 4.79 Å². The number of nitrogens with one attached hydrogen (secondary N) is 1. The third kappa shape index (κ3) is 4.29. The normalized spacial score (nSPS) is 19.4. The second kappa shape index (κ2) is 8.15. The monoisotopic (exact) mass is 290 g/mol. The largest absolute Gasteiger partial charge is 0.465 e. The molecule has 4 nitrogen and oxygen atoms in total. The van der Waals surface area contributed by atoms with E-state index < -0.39 is 0 Å². The van der Waals surface area contributed by atoms with E-state index in [9.17, 15) is 4.79 Å². The first kappa shape index (κ1) is 16.0. The zero-order valence-corrected chi connectivity index (χ0v) is 13.1. The van der Waals surface area contributed by atoms with Crippen LogP contribution in [-0.4, -0.2) is 43.7 Å². The minimum atomic E-state index is -0.245. The van der Waals surface area contributed by atoms with Crippen LogP contribution in [0.5, 0.6) is 0 Å². The Bertz CT molecular complexity index is 462. The minimum absolute atomic E-state index is 0.245. The van der Waals surface area contributed by atoms with E-state index in [0.717, 1.165) is 31.7 Å². The maximum atomic E-state index is 11.9. The maximum Gasteiger partial charge on any atom is 0.338 e. The van der Waals surface area contributed by atoms with Crippen molar-refractivity contribution in [1.29, 1.82) is 0 Å². The van der Waals surface area contributed by atoms with Gasteiger partial charge in [-0.3, -0.25) is 4.90 Å². The second-order valence-electron chi connectivity index (χ2n) is 5.62. The van der Waals surface area contributed by atoms with Gasteiger partial charge in [0.25, 0.3) is 0 Å². The quantitative estimate of drug-likeness (QED) is 0.817. The average molecular weight is 290 g/mol. The fourth-order valence-electron chi connectivity index (χ4n) is 2.92. The van der Waals surface area contributed by atoms with E-state index in [0.29, 0.717) is 11.6 Å². The molecule has 0 saturated carbocycles. The number of hydrogen-bond donors (Lipinski definition) is 1. The van der Waals surface area contributed by atoms with Crippen LogP contribution in [0.1, 0.15) is 42.1 Å². The molecule has 0 spiro atoms. The molecule has 0 aromatic heterocycles. The molecule has 1 saturated heterocycles. The minimum Gasteiger partial charge on any atom is -0.465 e. The average Bonchev–Trinajstić information content (AvgIpc) is 2.54. The molecular formula is C17H26N2O2. The molecule has 1 aromatic rings. The van der Waals surface area contributed by atoms with Crippen molar-refractivity contribution in [3.8, 4) is 0 Å². The highest BCUT2D eigenvalue weighted by Gasteiger charge is 2.23. The molecule has 2 rings (SSSR count). The standard InChI is InChI=1S/C17H26N2O2/c1-3-4-8-15-12-18-10-11-19(15)13-14-7-5-6-9-16(14)17(20)21-2/h5-7,9,15,18H,3-4,8,10-13H2,1-2H3/t15-/m0/s1. The molecule has 1 fully saturated rings. The number of benzene rings is 1. The van der Waals surface area contributed by atoms with Crippen LogP contribution >= 0.6 is 0 Å². The molecule has 1 aliphatic heterocycles. The predicted octanol–water partition coefficient (Wildman–Crippen LogP) is 2.44. The number of unbranched alkanes of at least 4 members (excludes halogenated alkanes) is 1. The molecule has 21 heavy (non-hydrogen) atoms. The van der Waals surface area contributed by atoms with Gasteiger partial charge in [-0.1, -0.05) is 38.0 Å². The molecular weight excluding hydrogens is 264 g/mol. The first-order chi connectivity index (χ1) is 10.3. The summed E-state index contributed by atoms with van der Waals surface area (Å²) in [6, 6.07) is 8.33. The van der Waals surface area contributed by atoms with E-state index in [2.05, 4.69) is 17.1 Å². The van der Waals surface area contributed by atoms with Crippen molar-refractivity contribution in [1.82, 2.24) is 10.2 Å². The highest BCUT2D eigenvalue weighted by Crippen LogP contribution is 2.18. The summed E-state index contributed by atoms with van der Waals surface area (Å²) in [5.41, 5.74) is 1.75. The van der Waals surface area contributed by atoms with Gasteiger partial charge in [0.1, 0.15) is 0 Å². The van der Waals surface area contributed by atoms with Crippen molar-refractivity contribution < 1.29 is 9.53 Å². The summed E-state index contributed by atoms with van der Waals surface area (Å²) in [5, 5.41) is 3.47. The van der Waals surface area contributed by atoms with Crippen LogP contribution in [0.2, 0.25) is 0 Å². The van der Waals surface area contributed by atoms with Crippen molar-refractivity contribution >= 4 is 5.97 Å². The molecule has 1 N–H and O–H groups in total. The van der Waals surface area contributed by atoms with Gasteiger partial charge in [0, 0.05) is 32.2 Å². The third-order valence-corrected chi connectivity index (χ3v) is 4.16. The van der Waals surface area contributed by atoms with Gasteiger partial charge in [0.15, 0.2) is 0 Å². The first-order valence-corrected chi connectivity index (χ1v) is 7.87. The predicted molar refractivity (Wildman–Crippen MR) is 84.4 cm³/mol. The van der Waals surface area contributed by atoms with E-state index in [1.807, 2.05) is 24.3 Å². The summed E-state index contributed by atoms with van der Waals surface area (Å²) in [7, 11) is 1.44. The number of ether oxygens (including phenoxy) is 1. The van der Waals surface area contributed by atoms with Crippen LogP contribution in [0.4, 0.5) is 0 Å². The number of carbonyl (C=O) groups is 1. The van der Waals surface area contributed by atoms with E-state index in [-0.39, 0.29) is 5.97 Å². The lowest BCUT2D eigenvalue weighted by Gasteiger charge is -2.36. The number of esters is 1. The van der Waals surface area contributed by atoms with E-state index in [1.54, 1.807) is 0 Å². The maximum absolute atomic E-state index is 11.9. The van der Waals surface area contributed by atoms with Crippen molar-refractivity contribution in [2.45, 2.75) is 38.8 Å². The lowest BCUT2D eigenvalue weighted by molar-refractivity contribution is 0.0596. The third-order valence-electron chi connectivity index (χ3n) is 4.16. The molecule has 1 aromatic carbocycles. The highest BCUT2D eigenvalue weighted by molar-refractivity contribution is 5.90. The van der Waals surface area contributed by atoms with Gasteiger partial charge in [0.05, 0.1) is 12.7 Å². The van der Waals surface area contributed by atoms with Crippen LogP contribution in [0.15, 0.2) is 24.3 Å². The van der Waals surface area contributed by atoms with Crippen LogP contribution in [0.25, 0.3) is 0 Å². The zero-order valence-electron chi connectivity index (χ0n) is 13.1. The van der Waals surface area contributed by atoms with Gasteiger partial charge in [-0.2, -0.15) is 0 Å². The topological polar surface area (TPSA) is 41.6 Å². The molecule has 1 heterocycles. The van der Waals surface area contributed by atoms with Gasteiger partial charge >= 0.3 is 5.97 Å². The Labute approximate surface area is 127 Å². The van der Waals surface area contributed by atoms with E-state index in [4.69, 9.17) is 4.74 Å². The molecule has 0 amide bonds. The van der Waals surface area contributed by atoms with Crippen molar-refractivity contribution in [2.75, 3.05) is 26.7 Å². The summed E-state index contributed by atoms with van der Waals surface area (Å²) < 4.78 is 4.89. The van der Waals surface area contributed by atoms with Crippen molar-refractivity contribution in [2.24, 2.45) is 0 Å². The lowest BCUT2D eigenvalue weighted by atomic mass is 10.0. The van der Waals surface area contributed by atoms with Crippen LogP contribution in [-0.2, 0) is 11.3 Å². The number of piperazine rings is 1. The zero-order chi connectivity index (χ0) is 15.1. The molecule has 1 aliphatic rings. The highest BCUT2D eigenvalue weighted by atomic mass is 16.5. The number of nitrogens with zero attached hydrogens (tertiary/aromatic N) is 1. The van der Waals surface area contributed by atoms with Crippen LogP contribution in [0.3, 0.4) is 0 Å². The lowest BCUT2D eigenvalue weighted by Crippen LogP contribution is -2.50. The Balaban J connectivity index is 2.10. The summed E-state index contributed by atoms with van der Waals surface area (Å²) in [6.07, 6.45) is 3.69. The Kier molecular flexibility index (Phi) is 6.21. The van der Waals surface area contributed by atoms with Gasteiger partial charge in [-0.15, -0.1) is 0 Å². The molecule has 1 atom stereocenters. The molecule has 0 aliphatic carbocycles. The number of methoxy groups -OCH3 is 1. The Hall–Kier alpha value is -1.39. The van der Waals surface area contributed by atoms with Gasteiger partial charge in [0.2, 0.25) is 0 Å². The first-order valence-electron chi connectivity index (χ1n) is 7.87. The van der Waals surface area contributed by atoms with E-state index in [1.165, 1.54) is 26.4 Å². The van der Waals surface area contributed by atoms with E-state index >= 15 is 0 Å². The van der Waals surface area contributed by atoms with Crippen LogP contribution in [0, 0.1) is 0 Å². The fraction of sp³-hybridized carbons (Fsp3) is 0.588. The number of hydrogen-bond acceptors (Lipinski definition) is 4. The second-order valence-corrected chi connectivity index (χ2v) is 5.62. The van der Waals surface area contributed by atoms with Crippen molar-refractivity contribution in [3.05, 3.63) is 35.4 Å². The van der Waals surface area contributed by atoms with Gasteiger partial charge in [-0.05, 0) is 18.1 Å². The smallest absolute Gasteiger partial charge is 0.338 e. The molecule has 0 bridgehead atoms. The Morgan fingerprint density at radius 3 is 3.00 bits per heavy atom. The summed E-state index contributed by atoms with van der Waals surface area (Å²) in [5.74, 6) is -0.245. The number of carbonyl (C=O) groups excluding carboxylic acids is 1. The van der Waals surface area contributed by atoms with Crippen molar-refractivity contribution in [3.63, 3.8) is 0 Å². The summed E-state index contributed by atoms with van der Waals surface area (Å²) in [4.78, 5) is 14.4. The molecule has 116 valence electrons. The fourth-order valence-corrected chi connectivity index (χ4v) is 2.92. The molecule has 0 unspecified atom stereocenters. The van der Waals surface area contributed by atoms with Gasteiger partial charge < -0.3 is 10.1 Å². The SMILES string of the molecule is CCCC[C@H]1CNCCN1Cc1ccccc1C(=O)OC. The Morgan fingerprint density at radius 1 is 1.43 bits per heavy atom. The molecule has 0 radical (unpaired) electrons. The number of rotatable bonds is 6.